The first-order valence-corrected chi connectivity index (χ1v) is 8.34. The number of carbonyl (C=O) groups is 2. The second-order valence-electron chi connectivity index (χ2n) is 6.08. The van der Waals surface area contributed by atoms with Gasteiger partial charge in [-0.1, -0.05) is 18.2 Å². The maximum Gasteiger partial charge on any atom is 0.343 e. The largest absolute Gasteiger partial charge is 0.420 e. The van der Waals surface area contributed by atoms with E-state index in [-0.39, 0.29) is 29.5 Å². The van der Waals surface area contributed by atoms with Crippen LogP contribution in [0.5, 0.6) is 5.75 Å². The Balaban J connectivity index is 1.70. The predicted molar refractivity (Wildman–Crippen MR) is 91.4 cm³/mol. The van der Waals surface area contributed by atoms with E-state index in [1.807, 2.05) is 0 Å². The first-order valence-electron chi connectivity index (χ1n) is 8.34. The third kappa shape index (κ3) is 4.42. The van der Waals surface area contributed by atoms with E-state index in [1.165, 1.54) is 6.20 Å². The van der Waals surface area contributed by atoms with Crippen molar-refractivity contribution in [2.75, 3.05) is 0 Å². The van der Waals surface area contributed by atoms with Gasteiger partial charge in [0.25, 0.3) is 5.91 Å². The van der Waals surface area contributed by atoms with Gasteiger partial charge in [0.1, 0.15) is 0 Å². The number of rotatable bonds is 4. The molecule has 0 saturated heterocycles. The maximum atomic E-state index is 12.5. The molecule has 1 amide bonds. The van der Waals surface area contributed by atoms with Gasteiger partial charge in [-0.05, 0) is 49.9 Å². The second-order valence-corrected chi connectivity index (χ2v) is 6.08. The molecule has 1 aliphatic carbocycles. The highest BCUT2D eigenvalue weighted by Gasteiger charge is 2.24. The minimum absolute atomic E-state index is 0.00409. The van der Waals surface area contributed by atoms with Gasteiger partial charge in [-0.3, -0.25) is 4.79 Å². The van der Waals surface area contributed by atoms with Crippen LogP contribution < -0.4 is 10.1 Å². The Morgan fingerprint density at radius 2 is 1.76 bits per heavy atom. The Morgan fingerprint density at radius 1 is 1.04 bits per heavy atom. The van der Waals surface area contributed by atoms with Crippen molar-refractivity contribution in [3.8, 4) is 5.75 Å². The van der Waals surface area contributed by atoms with Crippen LogP contribution in [-0.2, 0) is 0 Å². The van der Waals surface area contributed by atoms with E-state index < -0.39 is 5.97 Å². The summed E-state index contributed by atoms with van der Waals surface area (Å²) in [5.41, 5.74) is 0.483. The Morgan fingerprint density at radius 3 is 2.48 bits per heavy atom. The van der Waals surface area contributed by atoms with E-state index in [4.69, 9.17) is 4.74 Å². The number of nitrogens with one attached hydrogen (secondary N) is 1. The zero-order chi connectivity index (χ0) is 17.6. The molecule has 0 spiro atoms. The number of ether oxygens (including phenoxy) is 1. The van der Waals surface area contributed by atoms with Crippen LogP contribution in [0.15, 0.2) is 48.7 Å². The smallest absolute Gasteiger partial charge is 0.343 e. The van der Waals surface area contributed by atoms with E-state index in [0.717, 1.165) is 12.8 Å². The van der Waals surface area contributed by atoms with Crippen molar-refractivity contribution in [1.29, 1.82) is 0 Å². The number of aromatic nitrogens is 1. The predicted octanol–water partition coefficient (Wildman–Crippen LogP) is 2.33. The molecule has 1 aromatic heterocycles. The second kappa shape index (κ2) is 7.90. The van der Waals surface area contributed by atoms with Gasteiger partial charge in [0.2, 0.25) is 0 Å². The highest BCUT2D eigenvalue weighted by molar-refractivity contribution is 5.97. The molecular formula is C19H20N2O4. The van der Waals surface area contributed by atoms with Crippen LogP contribution in [0, 0.1) is 0 Å². The zero-order valence-electron chi connectivity index (χ0n) is 13.7. The Hall–Kier alpha value is -2.73. The van der Waals surface area contributed by atoms with Crippen LogP contribution >= 0.6 is 0 Å². The summed E-state index contributed by atoms with van der Waals surface area (Å²) >= 11 is 0. The van der Waals surface area contributed by atoms with Crippen LogP contribution in [0.25, 0.3) is 0 Å². The van der Waals surface area contributed by atoms with E-state index in [0.29, 0.717) is 18.4 Å². The summed E-state index contributed by atoms with van der Waals surface area (Å²) in [5.74, 6) is -0.786. The van der Waals surface area contributed by atoms with Crippen molar-refractivity contribution in [3.05, 3.63) is 59.9 Å². The average Bonchev–Trinajstić information content (AvgIpc) is 2.64. The van der Waals surface area contributed by atoms with Gasteiger partial charge in [-0.15, -0.1) is 0 Å². The topological polar surface area (TPSA) is 88.5 Å². The highest BCUT2D eigenvalue weighted by Crippen LogP contribution is 2.21. The summed E-state index contributed by atoms with van der Waals surface area (Å²) < 4.78 is 5.36. The van der Waals surface area contributed by atoms with Crippen LogP contribution in [0.4, 0.5) is 0 Å². The molecule has 6 heteroatoms. The number of aliphatic hydroxyl groups is 1. The van der Waals surface area contributed by atoms with Crippen molar-refractivity contribution < 1.29 is 19.4 Å². The Labute approximate surface area is 145 Å². The third-order valence-corrected chi connectivity index (χ3v) is 4.23. The van der Waals surface area contributed by atoms with Gasteiger partial charge in [0, 0.05) is 12.2 Å². The summed E-state index contributed by atoms with van der Waals surface area (Å²) in [4.78, 5) is 28.8. The molecule has 0 atom stereocenters. The first kappa shape index (κ1) is 17.1. The molecule has 0 unspecified atom stereocenters. The molecule has 130 valence electrons. The molecule has 3 rings (SSSR count). The number of hydrogen-bond acceptors (Lipinski definition) is 5. The number of pyridine rings is 1. The summed E-state index contributed by atoms with van der Waals surface area (Å²) in [6, 6.07) is 11.7. The summed E-state index contributed by atoms with van der Waals surface area (Å²) in [5, 5.41) is 12.5. The fraction of sp³-hybridized carbons (Fsp3) is 0.316. The van der Waals surface area contributed by atoms with Crippen molar-refractivity contribution in [1.82, 2.24) is 10.3 Å². The Kier molecular flexibility index (Phi) is 5.40. The van der Waals surface area contributed by atoms with Crippen molar-refractivity contribution in [2.24, 2.45) is 0 Å². The molecule has 2 N–H and O–H groups in total. The number of esters is 1. The summed E-state index contributed by atoms with van der Waals surface area (Å²) in [6.07, 6.45) is 3.98. The normalized spacial score (nSPS) is 19.9. The van der Waals surface area contributed by atoms with Crippen molar-refractivity contribution in [2.45, 2.75) is 37.8 Å². The lowest BCUT2D eigenvalue weighted by Gasteiger charge is -2.26. The van der Waals surface area contributed by atoms with Crippen LogP contribution in [0.1, 0.15) is 46.5 Å². The highest BCUT2D eigenvalue weighted by atomic mass is 16.5. The standard InChI is InChI=1S/C19H20N2O4/c22-15-10-8-14(9-11-15)21-18(23)17-16(7-4-12-20-17)25-19(24)13-5-2-1-3-6-13/h1-7,12,14-15,22H,8-11H2,(H,21,23). The molecule has 1 heterocycles. The monoisotopic (exact) mass is 340 g/mol. The summed E-state index contributed by atoms with van der Waals surface area (Å²) in [7, 11) is 0. The molecule has 1 aromatic carbocycles. The van der Waals surface area contributed by atoms with E-state index in [1.54, 1.807) is 42.5 Å². The molecule has 6 nitrogen and oxygen atoms in total. The number of benzene rings is 1. The maximum absolute atomic E-state index is 12.5. The summed E-state index contributed by atoms with van der Waals surface area (Å²) in [6.45, 7) is 0. The van der Waals surface area contributed by atoms with Gasteiger partial charge in [-0.25, -0.2) is 9.78 Å². The number of carbonyl (C=O) groups excluding carboxylic acids is 2. The minimum atomic E-state index is -0.538. The van der Waals surface area contributed by atoms with Gasteiger partial charge < -0.3 is 15.2 Å². The molecule has 1 saturated carbocycles. The number of aliphatic hydroxyl groups excluding tert-OH is 1. The van der Waals surface area contributed by atoms with Gasteiger partial charge in [-0.2, -0.15) is 0 Å². The van der Waals surface area contributed by atoms with E-state index >= 15 is 0 Å². The fourth-order valence-corrected chi connectivity index (χ4v) is 2.85. The minimum Gasteiger partial charge on any atom is -0.420 e. The molecule has 1 fully saturated rings. The SMILES string of the molecule is O=C(Oc1cccnc1C(=O)NC1CCC(O)CC1)c1ccccc1. The number of amides is 1. The lowest BCUT2D eigenvalue weighted by molar-refractivity contribution is 0.0729. The lowest BCUT2D eigenvalue weighted by Crippen LogP contribution is -2.39. The Bertz CT molecular complexity index is 740. The first-order chi connectivity index (χ1) is 12.1. The number of nitrogens with zero attached hydrogens (tertiary/aromatic N) is 1. The fourth-order valence-electron chi connectivity index (χ4n) is 2.85. The molecule has 25 heavy (non-hydrogen) atoms. The van der Waals surface area contributed by atoms with Crippen LogP contribution in [0.2, 0.25) is 0 Å². The average molecular weight is 340 g/mol. The quantitative estimate of drug-likeness (QED) is 0.834. The zero-order valence-corrected chi connectivity index (χ0v) is 13.7. The molecule has 2 aromatic rings. The molecule has 0 aliphatic heterocycles. The lowest BCUT2D eigenvalue weighted by atomic mass is 9.93. The van der Waals surface area contributed by atoms with Crippen LogP contribution in [-0.4, -0.2) is 34.1 Å². The molecule has 0 bridgehead atoms. The number of hydrogen-bond donors (Lipinski definition) is 2. The molecule has 1 aliphatic rings. The van der Waals surface area contributed by atoms with E-state index in [2.05, 4.69) is 10.3 Å². The van der Waals surface area contributed by atoms with Gasteiger partial charge in [0.15, 0.2) is 11.4 Å². The van der Waals surface area contributed by atoms with E-state index in [9.17, 15) is 14.7 Å². The van der Waals surface area contributed by atoms with Crippen LogP contribution in [0.3, 0.4) is 0 Å². The van der Waals surface area contributed by atoms with Gasteiger partial charge in [0.05, 0.1) is 11.7 Å². The molecule has 0 radical (unpaired) electrons. The third-order valence-electron chi connectivity index (χ3n) is 4.23. The van der Waals surface area contributed by atoms with Crippen molar-refractivity contribution in [3.63, 3.8) is 0 Å². The van der Waals surface area contributed by atoms with Crippen molar-refractivity contribution >= 4 is 11.9 Å². The molecular weight excluding hydrogens is 320 g/mol. The van der Waals surface area contributed by atoms with Gasteiger partial charge >= 0.3 is 5.97 Å².